The number of rotatable bonds is 2. The van der Waals surface area contributed by atoms with E-state index in [1.165, 1.54) is 18.2 Å². The molecule has 0 bridgehead atoms. The van der Waals surface area contributed by atoms with Gasteiger partial charge in [0.1, 0.15) is 6.04 Å². The van der Waals surface area contributed by atoms with Crippen LogP contribution in [0.15, 0.2) is 18.2 Å². The molecule has 1 aromatic carbocycles. The molecule has 1 unspecified atom stereocenters. The third-order valence-corrected chi connectivity index (χ3v) is 1.66. The predicted molar refractivity (Wildman–Crippen MR) is 45.4 cm³/mol. The van der Waals surface area contributed by atoms with E-state index in [0.29, 0.717) is 0 Å². The lowest BCUT2D eigenvalue weighted by Gasteiger charge is -2.08. The normalized spacial score (nSPS) is 12.5. The highest BCUT2D eigenvalue weighted by atomic mass is 19.1. The number of benzene rings is 1. The van der Waals surface area contributed by atoms with Crippen LogP contribution in [0.5, 0.6) is 0 Å². The van der Waals surface area contributed by atoms with E-state index >= 15 is 0 Å². The van der Waals surface area contributed by atoms with Gasteiger partial charge in [0.25, 0.3) is 0 Å². The molecule has 0 aliphatic carbocycles. The molecule has 1 aromatic rings. The van der Waals surface area contributed by atoms with Gasteiger partial charge in [-0.15, -0.1) is 0 Å². The number of aliphatic carboxylic acids is 1. The summed E-state index contributed by atoms with van der Waals surface area (Å²) in [6.45, 7) is 0. The van der Waals surface area contributed by atoms with Crippen molar-refractivity contribution in [2.45, 2.75) is 6.04 Å². The van der Waals surface area contributed by atoms with Crippen LogP contribution in [0.3, 0.4) is 0 Å². The maximum absolute atomic E-state index is 13.1. The molecule has 0 aromatic heterocycles. The Bertz CT molecular complexity index is 341. The molecule has 0 radical (unpaired) electrons. The average Bonchev–Trinajstić information content (AvgIpc) is 2.08. The Morgan fingerprint density at radius 1 is 1.54 bits per heavy atom. The van der Waals surface area contributed by atoms with Gasteiger partial charge in [-0.05, 0) is 6.07 Å². The lowest BCUT2D eigenvalue weighted by atomic mass is 10.1. The first-order valence-corrected chi connectivity index (χ1v) is 3.56. The largest absolute Gasteiger partial charge is 0.480 e. The molecule has 0 amide bonds. The highest BCUT2D eigenvalue weighted by molar-refractivity contribution is 5.75. The van der Waals surface area contributed by atoms with Gasteiger partial charge in [0, 0.05) is 5.56 Å². The van der Waals surface area contributed by atoms with Gasteiger partial charge in [-0.1, -0.05) is 12.1 Å². The zero-order valence-electron chi connectivity index (χ0n) is 6.70. The summed E-state index contributed by atoms with van der Waals surface area (Å²) in [5.74, 6) is -2.05. The van der Waals surface area contributed by atoms with Crippen LogP contribution >= 0.6 is 0 Å². The van der Waals surface area contributed by atoms with E-state index in [1.807, 2.05) is 0 Å². The molecule has 0 aliphatic rings. The molecule has 1 rings (SSSR count). The molecule has 0 saturated carbocycles. The van der Waals surface area contributed by atoms with Crippen molar-refractivity contribution in [2.75, 3.05) is 5.73 Å². The second-order valence-corrected chi connectivity index (χ2v) is 2.57. The number of anilines is 1. The van der Waals surface area contributed by atoms with Crippen LogP contribution in [0.2, 0.25) is 0 Å². The Hall–Kier alpha value is -1.62. The van der Waals surface area contributed by atoms with Crippen molar-refractivity contribution >= 4 is 11.7 Å². The molecule has 5 heteroatoms. The minimum absolute atomic E-state index is 0.103. The van der Waals surface area contributed by atoms with Crippen LogP contribution in [-0.2, 0) is 4.79 Å². The molecule has 0 fully saturated rings. The summed E-state index contributed by atoms with van der Waals surface area (Å²) in [6.07, 6.45) is 0. The molecule has 1 atom stereocenters. The van der Waals surface area contributed by atoms with Gasteiger partial charge < -0.3 is 16.6 Å². The lowest BCUT2D eigenvalue weighted by molar-refractivity contribution is -0.138. The first-order valence-electron chi connectivity index (χ1n) is 3.56. The van der Waals surface area contributed by atoms with Crippen LogP contribution < -0.4 is 11.5 Å². The summed E-state index contributed by atoms with van der Waals surface area (Å²) in [4.78, 5) is 10.4. The van der Waals surface area contributed by atoms with E-state index in [2.05, 4.69) is 0 Å². The van der Waals surface area contributed by atoms with Crippen LogP contribution in [0.1, 0.15) is 11.6 Å². The van der Waals surface area contributed by atoms with Gasteiger partial charge in [0.15, 0.2) is 5.82 Å². The molecule has 0 spiro atoms. The number of nitrogen functional groups attached to an aromatic ring is 1. The smallest absolute Gasteiger partial charge is 0.325 e. The zero-order valence-corrected chi connectivity index (χ0v) is 6.70. The molecule has 0 heterocycles. The molecule has 4 nitrogen and oxygen atoms in total. The van der Waals surface area contributed by atoms with E-state index in [0.717, 1.165) is 0 Å². The second kappa shape index (κ2) is 3.40. The van der Waals surface area contributed by atoms with Gasteiger partial charge in [0.2, 0.25) is 0 Å². The van der Waals surface area contributed by atoms with Crippen LogP contribution in [0.4, 0.5) is 10.1 Å². The molecular weight excluding hydrogens is 175 g/mol. The van der Waals surface area contributed by atoms with Gasteiger partial charge in [0.05, 0.1) is 5.69 Å². The van der Waals surface area contributed by atoms with Gasteiger partial charge >= 0.3 is 5.97 Å². The highest BCUT2D eigenvalue weighted by Crippen LogP contribution is 2.19. The van der Waals surface area contributed by atoms with E-state index in [-0.39, 0.29) is 11.3 Å². The molecule has 5 N–H and O–H groups in total. The van der Waals surface area contributed by atoms with Crippen molar-refractivity contribution in [1.82, 2.24) is 0 Å². The fourth-order valence-corrected chi connectivity index (χ4v) is 0.942. The number of nitrogens with two attached hydrogens (primary N) is 2. The van der Waals surface area contributed by atoms with Crippen molar-refractivity contribution in [2.24, 2.45) is 5.73 Å². The molecule has 0 saturated heterocycles. The first-order chi connectivity index (χ1) is 6.04. The number of halogens is 1. The second-order valence-electron chi connectivity index (χ2n) is 2.57. The summed E-state index contributed by atoms with van der Waals surface area (Å²) < 4.78 is 13.1. The predicted octanol–water partition coefficient (Wildman–Crippen LogP) is 0.492. The Labute approximate surface area is 74.0 Å². The van der Waals surface area contributed by atoms with Crippen LogP contribution in [-0.4, -0.2) is 11.1 Å². The number of carbonyl (C=O) groups is 1. The standard InChI is InChI=1S/C8H9FN2O2/c9-6-4(7(11)8(12)13)2-1-3-5(6)10/h1-3,7H,10-11H2,(H,12,13). The Morgan fingerprint density at radius 2 is 2.15 bits per heavy atom. The van der Waals surface area contributed by atoms with Crippen molar-refractivity contribution < 1.29 is 14.3 Å². The molecule has 70 valence electrons. The average molecular weight is 184 g/mol. The fourth-order valence-electron chi connectivity index (χ4n) is 0.942. The van der Waals surface area contributed by atoms with Gasteiger partial charge in [-0.25, -0.2) is 4.39 Å². The van der Waals surface area contributed by atoms with Crippen LogP contribution in [0.25, 0.3) is 0 Å². The lowest BCUT2D eigenvalue weighted by Crippen LogP contribution is -2.22. The Morgan fingerprint density at radius 3 is 2.69 bits per heavy atom. The third kappa shape index (κ3) is 1.75. The van der Waals surface area contributed by atoms with E-state index in [9.17, 15) is 9.18 Å². The Balaban J connectivity index is 3.15. The number of carboxylic acid groups (broad SMARTS) is 1. The first kappa shape index (κ1) is 9.47. The van der Waals surface area contributed by atoms with Crippen LogP contribution in [0, 0.1) is 5.82 Å². The molecule has 13 heavy (non-hydrogen) atoms. The minimum Gasteiger partial charge on any atom is -0.480 e. The maximum Gasteiger partial charge on any atom is 0.325 e. The zero-order chi connectivity index (χ0) is 10.0. The maximum atomic E-state index is 13.1. The monoisotopic (exact) mass is 184 g/mol. The summed E-state index contributed by atoms with van der Waals surface area (Å²) in [7, 11) is 0. The summed E-state index contributed by atoms with van der Waals surface area (Å²) in [6, 6.07) is 2.72. The van der Waals surface area contributed by atoms with Crippen molar-refractivity contribution in [1.29, 1.82) is 0 Å². The van der Waals surface area contributed by atoms with E-state index in [1.54, 1.807) is 0 Å². The number of carboxylic acids is 1. The SMILES string of the molecule is Nc1cccc(C(N)C(=O)O)c1F. The topological polar surface area (TPSA) is 89.3 Å². The molecule has 0 aliphatic heterocycles. The summed E-state index contributed by atoms with van der Waals surface area (Å²) in [5.41, 5.74) is 10.2. The van der Waals surface area contributed by atoms with Crippen molar-refractivity contribution in [3.63, 3.8) is 0 Å². The molecular formula is C8H9FN2O2. The highest BCUT2D eigenvalue weighted by Gasteiger charge is 2.19. The minimum atomic E-state index is -1.37. The third-order valence-electron chi connectivity index (χ3n) is 1.66. The Kier molecular flexibility index (Phi) is 2.48. The van der Waals surface area contributed by atoms with Gasteiger partial charge in [-0.3, -0.25) is 4.79 Å². The van der Waals surface area contributed by atoms with E-state index < -0.39 is 17.8 Å². The van der Waals surface area contributed by atoms with Crippen molar-refractivity contribution in [3.05, 3.63) is 29.6 Å². The summed E-state index contributed by atoms with van der Waals surface area (Å²) in [5, 5.41) is 8.52. The van der Waals surface area contributed by atoms with Gasteiger partial charge in [-0.2, -0.15) is 0 Å². The van der Waals surface area contributed by atoms with E-state index in [4.69, 9.17) is 16.6 Å². The summed E-state index contributed by atoms with van der Waals surface area (Å²) >= 11 is 0. The van der Waals surface area contributed by atoms with Crippen molar-refractivity contribution in [3.8, 4) is 0 Å². The number of hydrogen-bond donors (Lipinski definition) is 3. The number of hydrogen-bond acceptors (Lipinski definition) is 3. The fraction of sp³-hybridized carbons (Fsp3) is 0.125. The quantitative estimate of drug-likeness (QED) is 0.583.